The summed E-state index contributed by atoms with van der Waals surface area (Å²) in [6.45, 7) is 1.10. The first-order chi connectivity index (χ1) is 8.79. The van der Waals surface area contributed by atoms with Crippen molar-refractivity contribution in [2.75, 3.05) is 17.2 Å². The molecule has 0 unspecified atom stereocenters. The number of nitrogens with two attached hydrogens (primary N) is 1. The summed E-state index contributed by atoms with van der Waals surface area (Å²) in [5.41, 5.74) is 7.35. The van der Waals surface area contributed by atoms with Crippen molar-refractivity contribution < 1.29 is 0 Å². The van der Waals surface area contributed by atoms with Gasteiger partial charge in [0, 0.05) is 18.8 Å². The maximum atomic E-state index is 9.24. The van der Waals surface area contributed by atoms with Crippen LogP contribution in [0.25, 0.3) is 0 Å². The van der Waals surface area contributed by atoms with Crippen molar-refractivity contribution in [1.82, 2.24) is 4.98 Å². The minimum Gasteiger partial charge on any atom is -0.383 e. The summed E-state index contributed by atoms with van der Waals surface area (Å²) < 4.78 is 0. The van der Waals surface area contributed by atoms with Gasteiger partial charge in [0.15, 0.2) is 0 Å². The Morgan fingerprint density at radius 3 is 3.00 bits per heavy atom. The molecule has 2 N–H and O–H groups in total. The molecule has 0 radical (unpaired) electrons. The molecule has 2 saturated carbocycles. The second-order valence-corrected chi connectivity index (χ2v) is 5.84. The van der Waals surface area contributed by atoms with Gasteiger partial charge in [-0.3, -0.25) is 0 Å². The summed E-state index contributed by atoms with van der Waals surface area (Å²) in [4.78, 5) is 6.41. The maximum absolute atomic E-state index is 9.24. The van der Waals surface area contributed by atoms with Gasteiger partial charge in [0.2, 0.25) is 0 Å². The highest BCUT2D eigenvalue weighted by Crippen LogP contribution is 2.56. The molecule has 1 saturated heterocycles. The van der Waals surface area contributed by atoms with Crippen molar-refractivity contribution in [1.29, 1.82) is 5.26 Å². The van der Waals surface area contributed by atoms with Crippen LogP contribution in [0.5, 0.6) is 0 Å². The summed E-state index contributed by atoms with van der Waals surface area (Å²) >= 11 is 0. The predicted molar refractivity (Wildman–Crippen MR) is 68.8 cm³/mol. The van der Waals surface area contributed by atoms with Crippen LogP contribution in [0.3, 0.4) is 0 Å². The summed E-state index contributed by atoms with van der Waals surface area (Å²) in [6.07, 6.45) is 5.90. The number of nitriles is 1. The fourth-order valence-electron chi connectivity index (χ4n) is 4.41. The summed E-state index contributed by atoms with van der Waals surface area (Å²) in [5, 5.41) is 9.24. The Labute approximate surface area is 106 Å². The lowest BCUT2D eigenvalue weighted by atomic mass is 9.76. The molecule has 1 aromatic heterocycles. The lowest BCUT2D eigenvalue weighted by Crippen LogP contribution is -2.59. The Balaban J connectivity index is 1.70. The van der Waals surface area contributed by atoms with Crippen molar-refractivity contribution >= 4 is 11.5 Å². The zero-order valence-electron chi connectivity index (χ0n) is 10.2. The Morgan fingerprint density at radius 2 is 2.22 bits per heavy atom. The third-order valence-electron chi connectivity index (χ3n) is 5.19. The third-order valence-corrected chi connectivity index (χ3v) is 5.19. The van der Waals surface area contributed by atoms with Gasteiger partial charge in [-0.1, -0.05) is 0 Å². The number of rotatable bonds is 1. The zero-order chi connectivity index (χ0) is 12.3. The molecule has 2 aliphatic carbocycles. The summed E-state index contributed by atoms with van der Waals surface area (Å²) in [5.74, 6) is 3.02. The van der Waals surface area contributed by atoms with Gasteiger partial charge in [0.1, 0.15) is 17.5 Å². The Hall–Kier alpha value is -1.76. The van der Waals surface area contributed by atoms with Crippen LogP contribution >= 0.6 is 0 Å². The van der Waals surface area contributed by atoms with Crippen molar-refractivity contribution in [2.24, 2.45) is 17.8 Å². The molecule has 1 aliphatic heterocycles. The van der Waals surface area contributed by atoms with Gasteiger partial charge < -0.3 is 10.6 Å². The molecule has 0 amide bonds. The molecule has 2 heterocycles. The fraction of sp³-hybridized carbons (Fsp3) is 0.571. The van der Waals surface area contributed by atoms with Crippen molar-refractivity contribution in [3.05, 3.63) is 17.8 Å². The molecule has 0 spiro atoms. The van der Waals surface area contributed by atoms with E-state index >= 15 is 0 Å². The largest absolute Gasteiger partial charge is 0.383 e. The average Bonchev–Trinajstić information content (AvgIpc) is 2.86. The Morgan fingerprint density at radius 1 is 1.39 bits per heavy atom. The van der Waals surface area contributed by atoms with Crippen LogP contribution < -0.4 is 10.6 Å². The lowest BCUT2D eigenvalue weighted by molar-refractivity contribution is 0.199. The van der Waals surface area contributed by atoms with Crippen molar-refractivity contribution in [3.63, 3.8) is 0 Å². The molecular weight excluding hydrogens is 224 g/mol. The van der Waals surface area contributed by atoms with Gasteiger partial charge >= 0.3 is 0 Å². The number of pyridine rings is 1. The minimum absolute atomic E-state index is 0.363. The third kappa shape index (κ3) is 1.12. The number of hydrogen-bond donors (Lipinski definition) is 1. The fourth-order valence-corrected chi connectivity index (χ4v) is 4.41. The highest BCUT2D eigenvalue weighted by atomic mass is 15.3. The van der Waals surface area contributed by atoms with Crippen molar-refractivity contribution in [3.8, 4) is 6.07 Å². The first kappa shape index (κ1) is 10.2. The van der Waals surface area contributed by atoms with E-state index < -0.39 is 0 Å². The normalized spacial score (nSPS) is 36.1. The number of hydrogen-bond acceptors (Lipinski definition) is 4. The smallest absolute Gasteiger partial charge is 0.143 e. The summed E-state index contributed by atoms with van der Waals surface area (Å²) in [7, 11) is 0. The van der Waals surface area contributed by atoms with Crippen LogP contribution in [0.15, 0.2) is 12.3 Å². The van der Waals surface area contributed by atoms with E-state index in [1.165, 1.54) is 19.3 Å². The lowest BCUT2D eigenvalue weighted by Gasteiger charge is -2.52. The van der Waals surface area contributed by atoms with E-state index in [0.717, 1.165) is 30.0 Å². The van der Waals surface area contributed by atoms with E-state index in [2.05, 4.69) is 16.0 Å². The molecule has 1 aromatic rings. The second-order valence-electron chi connectivity index (χ2n) is 5.84. The molecule has 4 atom stereocenters. The van der Waals surface area contributed by atoms with Crippen LogP contribution in [-0.4, -0.2) is 17.6 Å². The van der Waals surface area contributed by atoms with Crippen molar-refractivity contribution in [2.45, 2.75) is 25.3 Å². The van der Waals surface area contributed by atoms with Gasteiger partial charge in [-0.05, 0) is 43.1 Å². The highest BCUT2D eigenvalue weighted by Gasteiger charge is 2.56. The second kappa shape index (κ2) is 3.38. The quantitative estimate of drug-likeness (QED) is 0.812. The van der Waals surface area contributed by atoms with Gasteiger partial charge in [-0.25, -0.2) is 4.98 Å². The number of fused-ring (bicyclic) bond motifs is 5. The van der Waals surface area contributed by atoms with Gasteiger partial charge in [-0.2, -0.15) is 5.26 Å². The first-order valence-corrected chi connectivity index (χ1v) is 6.71. The summed E-state index contributed by atoms with van der Waals surface area (Å²) in [6, 6.07) is 4.81. The minimum atomic E-state index is 0.363. The Bertz CT molecular complexity index is 545. The Kier molecular flexibility index (Phi) is 1.91. The van der Waals surface area contributed by atoms with Crippen LogP contribution in [0.4, 0.5) is 11.5 Å². The standard InChI is InChI=1S/C14H16N4/c15-6-10-12(3-4-17-14(10)16)18-7-11-8-1-2-9(5-8)13(11)18/h3-4,8-9,11,13H,1-2,5,7H2,(H2,16,17)/t8-,9+,11+,13-/m1/s1. The van der Waals surface area contributed by atoms with E-state index in [9.17, 15) is 5.26 Å². The predicted octanol–water partition coefficient (Wildman–Crippen LogP) is 1.77. The van der Waals surface area contributed by atoms with Gasteiger partial charge in [-0.15, -0.1) is 0 Å². The van der Waals surface area contributed by atoms with Crippen LogP contribution in [0, 0.1) is 29.1 Å². The van der Waals surface area contributed by atoms with E-state index in [4.69, 9.17) is 5.73 Å². The topological polar surface area (TPSA) is 65.9 Å². The van der Waals surface area contributed by atoms with E-state index in [0.29, 0.717) is 17.4 Å². The molecule has 4 rings (SSSR count). The van der Waals surface area contributed by atoms with Crippen LogP contribution in [0.2, 0.25) is 0 Å². The van der Waals surface area contributed by atoms with E-state index in [1.807, 2.05) is 6.07 Å². The molecule has 0 aromatic carbocycles. The van der Waals surface area contributed by atoms with E-state index in [1.54, 1.807) is 6.20 Å². The molecular formula is C14H16N4. The van der Waals surface area contributed by atoms with Crippen LogP contribution in [0.1, 0.15) is 24.8 Å². The number of nitrogens with zero attached hydrogens (tertiary/aromatic N) is 3. The first-order valence-electron chi connectivity index (χ1n) is 6.71. The molecule has 4 nitrogen and oxygen atoms in total. The number of anilines is 2. The molecule has 2 bridgehead atoms. The highest BCUT2D eigenvalue weighted by molar-refractivity contribution is 5.69. The maximum Gasteiger partial charge on any atom is 0.143 e. The molecule has 92 valence electrons. The molecule has 18 heavy (non-hydrogen) atoms. The molecule has 4 heteroatoms. The van der Waals surface area contributed by atoms with Gasteiger partial charge in [0.05, 0.1) is 5.69 Å². The van der Waals surface area contributed by atoms with E-state index in [-0.39, 0.29) is 0 Å². The van der Waals surface area contributed by atoms with Gasteiger partial charge in [0.25, 0.3) is 0 Å². The number of aromatic nitrogens is 1. The average molecular weight is 240 g/mol. The zero-order valence-corrected chi connectivity index (χ0v) is 10.2. The number of nitrogen functional groups attached to an aromatic ring is 1. The molecule has 3 fully saturated rings. The van der Waals surface area contributed by atoms with Crippen LogP contribution in [-0.2, 0) is 0 Å². The monoisotopic (exact) mass is 240 g/mol. The SMILES string of the molecule is N#Cc1c(N2C[C@H]3[C@@H]4CC[C@@H](C4)[C@H]32)ccnc1N. The molecule has 3 aliphatic rings.